The first-order valence-electron chi connectivity index (χ1n) is 8.77. The minimum absolute atomic E-state index is 0.193. The van der Waals surface area contributed by atoms with E-state index in [4.69, 9.17) is 4.84 Å². The van der Waals surface area contributed by atoms with Crippen molar-refractivity contribution in [3.05, 3.63) is 96.1 Å². The standard InChI is InChI=1S/C23H17NO4S/c1-16(24-28-23(27)18-8-4-2-5-9-18)21(25)22(26)17-12-14-20(15-13-17)29-19-10-6-3-7-11-19/h2-15H,1H3. The molecular weight excluding hydrogens is 386 g/mol. The molecule has 0 fully saturated rings. The molecule has 3 aromatic carbocycles. The Morgan fingerprint density at radius 2 is 1.28 bits per heavy atom. The Balaban J connectivity index is 1.63. The van der Waals surface area contributed by atoms with Crippen molar-refractivity contribution >= 4 is 35.0 Å². The molecule has 0 aliphatic carbocycles. The molecule has 0 radical (unpaired) electrons. The summed E-state index contributed by atoms with van der Waals surface area (Å²) in [7, 11) is 0. The van der Waals surface area contributed by atoms with Gasteiger partial charge in [0.25, 0.3) is 5.78 Å². The van der Waals surface area contributed by atoms with E-state index in [0.717, 1.165) is 9.79 Å². The molecular formula is C23H17NO4S. The third-order valence-electron chi connectivity index (χ3n) is 3.91. The molecule has 3 rings (SSSR count). The van der Waals surface area contributed by atoms with Crippen molar-refractivity contribution in [3.8, 4) is 0 Å². The molecule has 6 heteroatoms. The zero-order chi connectivity index (χ0) is 20.6. The Kier molecular flexibility index (Phi) is 6.71. The summed E-state index contributed by atoms with van der Waals surface area (Å²) in [4.78, 5) is 43.3. The van der Waals surface area contributed by atoms with Gasteiger partial charge in [0.1, 0.15) is 5.71 Å². The SMILES string of the molecule is CC(=NOC(=O)c1ccccc1)C(=O)C(=O)c1ccc(Sc2ccccc2)cc1. The van der Waals surface area contributed by atoms with Crippen LogP contribution in [-0.2, 0) is 9.63 Å². The molecule has 0 heterocycles. The highest BCUT2D eigenvalue weighted by molar-refractivity contribution is 7.99. The lowest BCUT2D eigenvalue weighted by molar-refractivity contribution is -0.109. The minimum atomic E-state index is -0.825. The zero-order valence-corrected chi connectivity index (χ0v) is 16.4. The van der Waals surface area contributed by atoms with E-state index in [1.807, 2.05) is 30.3 Å². The summed E-state index contributed by atoms with van der Waals surface area (Å²) in [5.41, 5.74) is 0.354. The van der Waals surface area contributed by atoms with Gasteiger partial charge in [-0.05, 0) is 55.5 Å². The Labute approximate surface area is 172 Å². The molecule has 0 aromatic heterocycles. The van der Waals surface area contributed by atoms with Crippen LogP contribution < -0.4 is 0 Å². The van der Waals surface area contributed by atoms with E-state index in [-0.39, 0.29) is 11.3 Å². The van der Waals surface area contributed by atoms with Crippen molar-refractivity contribution in [1.29, 1.82) is 0 Å². The average molecular weight is 403 g/mol. The molecule has 0 saturated carbocycles. The zero-order valence-electron chi connectivity index (χ0n) is 15.6. The molecule has 0 saturated heterocycles. The normalized spacial score (nSPS) is 11.0. The fourth-order valence-electron chi connectivity index (χ4n) is 2.37. The molecule has 0 bridgehead atoms. The summed E-state index contributed by atoms with van der Waals surface area (Å²) in [5, 5.41) is 3.51. The van der Waals surface area contributed by atoms with Crippen molar-refractivity contribution in [2.75, 3.05) is 0 Å². The largest absolute Gasteiger partial charge is 0.365 e. The predicted octanol–water partition coefficient (Wildman–Crippen LogP) is 4.82. The molecule has 0 aliphatic rings. The van der Waals surface area contributed by atoms with E-state index < -0.39 is 17.5 Å². The monoisotopic (exact) mass is 403 g/mol. The van der Waals surface area contributed by atoms with Crippen LogP contribution in [0, 0.1) is 0 Å². The van der Waals surface area contributed by atoms with Crippen LogP contribution in [0.4, 0.5) is 0 Å². The number of rotatable bonds is 7. The summed E-state index contributed by atoms with van der Waals surface area (Å²) in [6, 6.07) is 24.8. The first-order valence-corrected chi connectivity index (χ1v) is 9.59. The van der Waals surface area contributed by atoms with Crippen molar-refractivity contribution in [2.24, 2.45) is 5.16 Å². The van der Waals surface area contributed by atoms with E-state index >= 15 is 0 Å². The highest BCUT2D eigenvalue weighted by Gasteiger charge is 2.20. The van der Waals surface area contributed by atoms with Gasteiger partial charge in [-0.15, -0.1) is 0 Å². The van der Waals surface area contributed by atoms with Gasteiger partial charge in [0.2, 0.25) is 5.78 Å². The molecule has 0 amide bonds. The van der Waals surface area contributed by atoms with E-state index in [9.17, 15) is 14.4 Å². The molecule has 5 nitrogen and oxygen atoms in total. The fraction of sp³-hybridized carbons (Fsp3) is 0.0435. The van der Waals surface area contributed by atoms with Gasteiger partial charge in [-0.1, -0.05) is 53.3 Å². The highest BCUT2D eigenvalue weighted by Crippen LogP contribution is 2.27. The quantitative estimate of drug-likeness (QED) is 0.186. The maximum Gasteiger partial charge on any atom is 0.365 e. The molecule has 144 valence electrons. The van der Waals surface area contributed by atoms with Crippen molar-refractivity contribution in [1.82, 2.24) is 0 Å². The molecule has 0 spiro atoms. The van der Waals surface area contributed by atoms with Crippen LogP contribution in [0.5, 0.6) is 0 Å². The Bertz CT molecular complexity index is 1050. The second kappa shape index (κ2) is 9.61. The third-order valence-corrected chi connectivity index (χ3v) is 4.92. The van der Waals surface area contributed by atoms with E-state index in [0.29, 0.717) is 5.56 Å². The highest BCUT2D eigenvalue weighted by atomic mass is 32.2. The van der Waals surface area contributed by atoms with Gasteiger partial charge < -0.3 is 4.84 Å². The summed E-state index contributed by atoms with van der Waals surface area (Å²) >= 11 is 1.55. The maximum atomic E-state index is 12.4. The van der Waals surface area contributed by atoms with Gasteiger partial charge in [-0.2, -0.15) is 0 Å². The van der Waals surface area contributed by atoms with Gasteiger partial charge in [0, 0.05) is 15.4 Å². The number of Topliss-reactive ketones (excluding diaryl/α,β-unsaturated/α-hetero) is 2. The Morgan fingerprint density at radius 1 is 0.724 bits per heavy atom. The maximum absolute atomic E-state index is 12.4. The number of hydrogen-bond acceptors (Lipinski definition) is 6. The topological polar surface area (TPSA) is 72.8 Å². The van der Waals surface area contributed by atoms with Crippen LogP contribution in [0.2, 0.25) is 0 Å². The molecule has 29 heavy (non-hydrogen) atoms. The fourth-order valence-corrected chi connectivity index (χ4v) is 3.21. The van der Waals surface area contributed by atoms with Crippen LogP contribution in [-0.4, -0.2) is 23.2 Å². The number of benzene rings is 3. The van der Waals surface area contributed by atoms with Gasteiger partial charge >= 0.3 is 5.97 Å². The van der Waals surface area contributed by atoms with Crippen LogP contribution in [0.25, 0.3) is 0 Å². The molecule has 0 N–H and O–H groups in total. The van der Waals surface area contributed by atoms with Gasteiger partial charge in [-0.25, -0.2) is 4.79 Å². The molecule has 3 aromatic rings. The lowest BCUT2D eigenvalue weighted by Crippen LogP contribution is -2.22. The van der Waals surface area contributed by atoms with Crippen molar-refractivity contribution in [2.45, 2.75) is 16.7 Å². The Morgan fingerprint density at radius 3 is 1.90 bits per heavy atom. The van der Waals surface area contributed by atoms with Gasteiger partial charge in [0.15, 0.2) is 0 Å². The second-order valence-corrected chi connectivity index (χ2v) is 7.17. The van der Waals surface area contributed by atoms with Gasteiger partial charge in [-0.3, -0.25) is 9.59 Å². The van der Waals surface area contributed by atoms with E-state index in [1.54, 1.807) is 66.4 Å². The third kappa shape index (κ3) is 5.49. The summed E-state index contributed by atoms with van der Waals surface area (Å²) < 4.78 is 0. The predicted molar refractivity (Wildman–Crippen MR) is 111 cm³/mol. The van der Waals surface area contributed by atoms with Crippen molar-refractivity contribution in [3.63, 3.8) is 0 Å². The lowest BCUT2D eigenvalue weighted by atomic mass is 10.1. The molecule has 0 aliphatic heterocycles. The van der Waals surface area contributed by atoms with E-state index in [1.165, 1.54) is 6.92 Å². The van der Waals surface area contributed by atoms with Crippen molar-refractivity contribution < 1.29 is 19.2 Å². The average Bonchev–Trinajstić information content (AvgIpc) is 2.78. The lowest BCUT2D eigenvalue weighted by Gasteiger charge is -2.04. The first-order chi connectivity index (χ1) is 14.0. The van der Waals surface area contributed by atoms with E-state index in [2.05, 4.69) is 5.16 Å². The van der Waals surface area contributed by atoms with Gasteiger partial charge in [0.05, 0.1) is 5.56 Å². The minimum Gasteiger partial charge on any atom is -0.312 e. The van der Waals surface area contributed by atoms with Crippen LogP contribution >= 0.6 is 11.8 Å². The number of carbonyl (C=O) groups excluding carboxylic acids is 3. The smallest absolute Gasteiger partial charge is 0.312 e. The van der Waals surface area contributed by atoms with Crippen LogP contribution in [0.15, 0.2) is 99.9 Å². The number of oxime groups is 1. The molecule has 0 atom stereocenters. The van der Waals surface area contributed by atoms with Crippen LogP contribution in [0.1, 0.15) is 27.6 Å². The summed E-state index contributed by atoms with van der Waals surface area (Å²) in [6.45, 7) is 1.33. The summed E-state index contributed by atoms with van der Waals surface area (Å²) in [5.74, 6) is -2.24. The first kappa shape index (κ1) is 20.2. The number of carbonyl (C=O) groups is 3. The second-order valence-electron chi connectivity index (χ2n) is 6.02. The Hall–Kier alpha value is -3.51. The molecule has 0 unspecified atom stereocenters. The number of nitrogens with zero attached hydrogens (tertiary/aromatic N) is 1. The van der Waals surface area contributed by atoms with Crippen LogP contribution in [0.3, 0.4) is 0 Å². The summed E-state index contributed by atoms with van der Waals surface area (Å²) in [6.07, 6.45) is 0. The number of hydrogen-bond donors (Lipinski definition) is 0. The number of ketones is 2.